The predicted octanol–water partition coefficient (Wildman–Crippen LogP) is 2.41. The molecule has 1 aromatic carbocycles. The Bertz CT molecular complexity index is 533. The number of benzene rings is 1. The van der Waals surface area contributed by atoms with Gasteiger partial charge < -0.3 is 10.2 Å². The third-order valence-corrected chi connectivity index (χ3v) is 4.52. The average molecular weight is 357 g/mol. The highest BCUT2D eigenvalue weighted by atomic mass is 35.5. The highest BCUT2D eigenvalue weighted by Gasteiger charge is 2.20. The van der Waals surface area contributed by atoms with Crippen LogP contribution >= 0.6 is 11.6 Å². The fourth-order valence-electron chi connectivity index (χ4n) is 2.49. The molecule has 0 amide bonds. The second-order valence-corrected chi connectivity index (χ2v) is 6.18. The number of piperazine rings is 1. The van der Waals surface area contributed by atoms with Crippen LogP contribution in [0.4, 0.5) is 0 Å². The summed E-state index contributed by atoms with van der Waals surface area (Å²) >= 11 is 6.21. The van der Waals surface area contributed by atoms with Crippen LogP contribution in [0.3, 0.4) is 0 Å². The van der Waals surface area contributed by atoms with E-state index in [1.165, 1.54) is 25.1 Å². The summed E-state index contributed by atoms with van der Waals surface area (Å²) in [4.78, 5) is 23.3. The van der Waals surface area contributed by atoms with Crippen molar-refractivity contribution in [3.8, 4) is 0 Å². The molecule has 1 unspecified atom stereocenters. The first-order chi connectivity index (χ1) is 11.3. The first-order valence-corrected chi connectivity index (χ1v) is 8.39. The predicted molar refractivity (Wildman–Crippen MR) is 93.3 cm³/mol. The highest BCUT2D eigenvalue weighted by Crippen LogP contribution is 2.18. The largest absolute Gasteiger partial charge is 0.473 e. The molecule has 1 aliphatic rings. The SMILES string of the molecule is CCC(C)N1CCN(Cc2ccccc2Cl)CC1.O=C(O)C(=O)O. The summed E-state index contributed by atoms with van der Waals surface area (Å²) in [6, 6.07) is 8.88. The third-order valence-electron chi connectivity index (χ3n) is 4.16. The molecule has 24 heavy (non-hydrogen) atoms. The summed E-state index contributed by atoms with van der Waals surface area (Å²) in [6.45, 7) is 10.2. The molecule has 0 saturated carbocycles. The zero-order chi connectivity index (χ0) is 18.1. The van der Waals surface area contributed by atoms with Crippen molar-refractivity contribution < 1.29 is 19.8 Å². The van der Waals surface area contributed by atoms with Crippen molar-refractivity contribution in [3.05, 3.63) is 34.9 Å². The average Bonchev–Trinajstić information content (AvgIpc) is 2.57. The van der Waals surface area contributed by atoms with Gasteiger partial charge in [0.15, 0.2) is 0 Å². The number of carboxylic acids is 2. The molecule has 2 rings (SSSR count). The normalized spacial score (nSPS) is 16.8. The standard InChI is InChI=1S/C15H23ClN2.C2H2O4/c1-3-13(2)18-10-8-17(9-11-18)12-14-6-4-5-7-15(14)16;3-1(4)2(5)6/h4-7,13H,3,8-12H2,1-2H3;(H,3,4)(H,5,6). The van der Waals surface area contributed by atoms with Gasteiger partial charge in [0, 0.05) is 43.8 Å². The first-order valence-electron chi connectivity index (χ1n) is 8.01. The zero-order valence-electron chi connectivity index (χ0n) is 14.1. The maximum atomic E-state index is 9.10. The molecule has 134 valence electrons. The number of hydrogen-bond donors (Lipinski definition) is 2. The Balaban J connectivity index is 0.000000413. The smallest absolute Gasteiger partial charge is 0.414 e. The molecule has 0 aliphatic carbocycles. The van der Waals surface area contributed by atoms with Crippen LogP contribution in [0.25, 0.3) is 0 Å². The van der Waals surface area contributed by atoms with Crippen LogP contribution < -0.4 is 0 Å². The van der Waals surface area contributed by atoms with E-state index >= 15 is 0 Å². The lowest BCUT2D eigenvalue weighted by Gasteiger charge is -2.37. The number of halogens is 1. The summed E-state index contributed by atoms with van der Waals surface area (Å²) in [5.41, 5.74) is 1.25. The van der Waals surface area contributed by atoms with Crippen molar-refractivity contribution in [1.29, 1.82) is 0 Å². The molecule has 0 bridgehead atoms. The van der Waals surface area contributed by atoms with E-state index in [1.54, 1.807) is 0 Å². The Morgan fingerprint density at radius 3 is 2.12 bits per heavy atom. The maximum absolute atomic E-state index is 9.10. The van der Waals surface area contributed by atoms with Crippen molar-refractivity contribution in [2.75, 3.05) is 26.2 Å². The number of rotatable bonds is 4. The van der Waals surface area contributed by atoms with E-state index in [9.17, 15) is 0 Å². The van der Waals surface area contributed by atoms with Crippen molar-refractivity contribution in [3.63, 3.8) is 0 Å². The quantitative estimate of drug-likeness (QED) is 0.806. The Kier molecular flexibility index (Phi) is 8.74. The van der Waals surface area contributed by atoms with Crippen molar-refractivity contribution in [1.82, 2.24) is 9.80 Å². The minimum absolute atomic E-state index is 0.715. The Labute approximate surface area is 147 Å². The van der Waals surface area contributed by atoms with Crippen LogP contribution in [0.5, 0.6) is 0 Å². The molecule has 0 radical (unpaired) electrons. The van der Waals surface area contributed by atoms with Gasteiger partial charge in [-0.05, 0) is 25.0 Å². The van der Waals surface area contributed by atoms with Gasteiger partial charge in [-0.25, -0.2) is 9.59 Å². The fourth-order valence-corrected chi connectivity index (χ4v) is 2.68. The molecule has 6 nitrogen and oxygen atoms in total. The summed E-state index contributed by atoms with van der Waals surface area (Å²) < 4.78 is 0. The van der Waals surface area contributed by atoms with E-state index in [1.807, 2.05) is 12.1 Å². The second kappa shape index (κ2) is 10.3. The van der Waals surface area contributed by atoms with Gasteiger partial charge in [-0.2, -0.15) is 0 Å². The van der Waals surface area contributed by atoms with Gasteiger partial charge in [-0.1, -0.05) is 36.7 Å². The molecule has 1 atom stereocenters. The molecule has 7 heteroatoms. The van der Waals surface area contributed by atoms with Crippen LogP contribution in [0.1, 0.15) is 25.8 Å². The maximum Gasteiger partial charge on any atom is 0.414 e. The Hall–Kier alpha value is -1.63. The van der Waals surface area contributed by atoms with E-state index in [4.69, 9.17) is 31.4 Å². The topological polar surface area (TPSA) is 81.1 Å². The lowest BCUT2D eigenvalue weighted by molar-refractivity contribution is -0.159. The van der Waals surface area contributed by atoms with E-state index in [0.717, 1.165) is 24.7 Å². The second-order valence-electron chi connectivity index (χ2n) is 5.77. The molecular weight excluding hydrogens is 332 g/mol. The molecule has 1 aromatic rings. The van der Waals surface area contributed by atoms with Crippen molar-refractivity contribution >= 4 is 23.5 Å². The fraction of sp³-hybridized carbons (Fsp3) is 0.529. The van der Waals surface area contributed by atoms with Crippen LogP contribution in [-0.2, 0) is 16.1 Å². The summed E-state index contributed by atoms with van der Waals surface area (Å²) in [5, 5.41) is 15.7. The first kappa shape index (κ1) is 20.4. The van der Waals surface area contributed by atoms with Crippen LogP contribution in [0.15, 0.2) is 24.3 Å². The Morgan fingerprint density at radius 1 is 1.12 bits per heavy atom. The highest BCUT2D eigenvalue weighted by molar-refractivity contribution is 6.31. The molecule has 2 N–H and O–H groups in total. The number of carbonyl (C=O) groups is 2. The molecule has 1 saturated heterocycles. The molecule has 1 heterocycles. The van der Waals surface area contributed by atoms with Gasteiger partial charge in [0.1, 0.15) is 0 Å². The van der Waals surface area contributed by atoms with E-state index < -0.39 is 11.9 Å². The van der Waals surface area contributed by atoms with Gasteiger partial charge in [0.2, 0.25) is 0 Å². The van der Waals surface area contributed by atoms with Gasteiger partial charge >= 0.3 is 11.9 Å². The number of hydrogen-bond acceptors (Lipinski definition) is 4. The van der Waals surface area contributed by atoms with Crippen LogP contribution in [-0.4, -0.2) is 64.2 Å². The van der Waals surface area contributed by atoms with Gasteiger partial charge in [-0.3, -0.25) is 9.80 Å². The van der Waals surface area contributed by atoms with E-state index in [0.29, 0.717) is 6.04 Å². The third kappa shape index (κ3) is 6.86. The minimum atomic E-state index is -1.82. The van der Waals surface area contributed by atoms with E-state index in [-0.39, 0.29) is 0 Å². The van der Waals surface area contributed by atoms with Gasteiger partial charge in [-0.15, -0.1) is 0 Å². The monoisotopic (exact) mass is 356 g/mol. The lowest BCUT2D eigenvalue weighted by atomic mass is 10.1. The molecule has 0 aromatic heterocycles. The molecule has 0 spiro atoms. The minimum Gasteiger partial charge on any atom is -0.473 e. The molecule has 1 fully saturated rings. The molecular formula is C17H25ClN2O4. The van der Waals surface area contributed by atoms with Crippen molar-refractivity contribution in [2.45, 2.75) is 32.9 Å². The van der Waals surface area contributed by atoms with Crippen molar-refractivity contribution in [2.24, 2.45) is 0 Å². The zero-order valence-corrected chi connectivity index (χ0v) is 14.9. The van der Waals surface area contributed by atoms with Gasteiger partial charge in [0.25, 0.3) is 0 Å². The Morgan fingerprint density at radius 2 is 1.67 bits per heavy atom. The number of carboxylic acid groups (broad SMARTS) is 2. The summed E-state index contributed by atoms with van der Waals surface area (Å²) in [5.74, 6) is -3.65. The molecule has 1 aliphatic heterocycles. The van der Waals surface area contributed by atoms with Gasteiger partial charge in [0.05, 0.1) is 0 Å². The lowest BCUT2D eigenvalue weighted by Crippen LogP contribution is -2.49. The number of aliphatic carboxylic acids is 2. The summed E-state index contributed by atoms with van der Waals surface area (Å²) in [7, 11) is 0. The van der Waals surface area contributed by atoms with E-state index in [2.05, 4.69) is 35.8 Å². The van der Waals surface area contributed by atoms with Crippen LogP contribution in [0.2, 0.25) is 5.02 Å². The number of nitrogens with zero attached hydrogens (tertiary/aromatic N) is 2. The van der Waals surface area contributed by atoms with Crippen LogP contribution in [0, 0.1) is 0 Å². The summed E-state index contributed by atoms with van der Waals surface area (Å²) in [6.07, 6.45) is 1.24.